The van der Waals surface area contributed by atoms with Gasteiger partial charge in [0.1, 0.15) is 0 Å². The fourth-order valence-electron chi connectivity index (χ4n) is 2.84. The van der Waals surface area contributed by atoms with Crippen LogP contribution >= 0.6 is 0 Å². The molecule has 0 radical (unpaired) electrons. The van der Waals surface area contributed by atoms with Gasteiger partial charge in [-0.3, -0.25) is 0 Å². The van der Waals surface area contributed by atoms with E-state index in [1.54, 1.807) is 0 Å². The quantitative estimate of drug-likeness (QED) is 0.615. The van der Waals surface area contributed by atoms with Gasteiger partial charge >= 0.3 is 0 Å². The first-order valence-corrected chi connectivity index (χ1v) is 8.15. The predicted octanol–water partition coefficient (Wildman–Crippen LogP) is 6.16. The molecule has 0 aliphatic heterocycles. The summed E-state index contributed by atoms with van der Waals surface area (Å²) in [6.45, 7) is 11.6. The van der Waals surface area contributed by atoms with Crippen LogP contribution in [0.15, 0.2) is 48.5 Å². The minimum Gasteiger partial charge on any atom is -0.0622 e. The number of hydrogen-bond acceptors (Lipinski definition) is 0. The molecular formula is C21H28. The molecule has 112 valence electrons. The zero-order valence-corrected chi connectivity index (χ0v) is 14.1. The maximum atomic E-state index is 2.44. The molecule has 0 N–H and O–H groups in total. The van der Waals surface area contributed by atoms with E-state index in [4.69, 9.17) is 0 Å². The SMILES string of the molecule is CC(C)c1ccc(Cc2ccccc2)cc1C(C)C(C)C. The Labute approximate surface area is 130 Å². The van der Waals surface area contributed by atoms with E-state index in [-0.39, 0.29) is 0 Å². The average molecular weight is 280 g/mol. The lowest BCUT2D eigenvalue weighted by molar-refractivity contribution is 0.528. The topological polar surface area (TPSA) is 0 Å². The highest BCUT2D eigenvalue weighted by molar-refractivity contribution is 5.38. The lowest BCUT2D eigenvalue weighted by Gasteiger charge is -2.23. The summed E-state index contributed by atoms with van der Waals surface area (Å²) in [6, 6.07) is 17.8. The second-order valence-electron chi connectivity index (χ2n) is 6.81. The highest BCUT2D eigenvalue weighted by atomic mass is 14.2. The van der Waals surface area contributed by atoms with Gasteiger partial charge in [0.15, 0.2) is 0 Å². The Morgan fingerprint density at radius 1 is 0.714 bits per heavy atom. The first-order valence-electron chi connectivity index (χ1n) is 8.15. The Morgan fingerprint density at radius 3 is 1.95 bits per heavy atom. The van der Waals surface area contributed by atoms with Crippen molar-refractivity contribution in [2.45, 2.75) is 52.9 Å². The first kappa shape index (κ1) is 15.8. The molecule has 0 saturated carbocycles. The lowest BCUT2D eigenvalue weighted by atomic mass is 9.82. The lowest BCUT2D eigenvalue weighted by Crippen LogP contribution is -2.08. The van der Waals surface area contributed by atoms with Gasteiger partial charge in [-0.15, -0.1) is 0 Å². The van der Waals surface area contributed by atoms with Crippen molar-refractivity contribution >= 4 is 0 Å². The van der Waals surface area contributed by atoms with Crippen LogP contribution in [0.25, 0.3) is 0 Å². The summed E-state index contributed by atoms with van der Waals surface area (Å²) >= 11 is 0. The minimum atomic E-state index is 0.590. The monoisotopic (exact) mass is 280 g/mol. The highest BCUT2D eigenvalue weighted by Crippen LogP contribution is 2.32. The van der Waals surface area contributed by atoms with Crippen molar-refractivity contribution in [3.63, 3.8) is 0 Å². The predicted molar refractivity (Wildman–Crippen MR) is 93.0 cm³/mol. The highest BCUT2D eigenvalue weighted by Gasteiger charge is 2.16. The Morgan fingerprint density at radius 2 is 1.38 bits per heavy atom. The van der Waals surface area contributed by atoms with Gasteiger partial charge < -0.3 is 0 Å². The maximum absolute atomic E-state index is 2.44. The molecule has 0 aliphatic rings. The third-order valence-corrected chi connectivity index (χ3v) is 4.51. The summed E-state index contributed by atoms with van der Waals surface area (Å²) in [5.74, 6) is 1.87. The Hall–Kier alpha value is -1.56. The average Bonchev–Trinajstić information content (AvgIpc) is 2.47. The van der Waals surface area contributed by atoms with Gasteiger partial charge in [-0.1, -0.05) is 83.1 Å². The molecule has 1 atom stereocenters. The van der Waals surface area contributed by atoms with Crippen LogP contribution in [0.5, 0.6) is 0 Å². The summed E-state index contributed by atoms with van der Waals surface area (Å²) in [4.78, 5) is 0. The van der Waals surface area contributed by atoms with Crippen molar-refractivity contribution in [1.29, 1.82) is 0 Å². The van der Waals surface area contributed by atoms with E-state index in [1.165, 1.54) is 22.3 Å². The Balaban J connectivity index is 2.35. The first-order chi connectivity index (χ1) is 9.99. The summed E-state index contributed by atoms with van der Waals surface area (Å²) < 4.78 is 0. The molecule has 21 heavy (non-hydrogen) atoms. The molecule has 0 fully saturated rings. The largest absolute Gasteiger partial charge is 0.0622 e. The van der Waals surface area contributed by atoms with E-state index < -0.39 is 0 Å². The number of rotatable bonds is 5. The molecule has 0 aliphatic carbocycles. The molecule has 0 heterocycles. The Bertz CT molecular complexity index is 564. The minimum absolute atomic E-state index is 0.590. The van der Waals surface area contributed by atoms with E-state index in [9.17, 15) is 0 Å². The van der Waals surface area contributed by atoms with Crippen LogP contribution in [0.3, 0.4) is 0 Å². The van der Waals surface area contributed by atoms with E-state index in [0.29, 0.717) is 17.8 Å². The molecular weight excluding hydrogens is 252 g/mol. The van der Waals surface area contributed by atoms with Crippen molar-refractivity contribution in [2.75, 3.05) is 0 Å². The second kappa shape index (κ2) is 6.93. The smallest absolute Gasteiger partial charge is 0.00257 e. The fourth-order valence-corrected chi connectivity index (χ4v) is 2.84. The van der Waals surface area contributed by atoms with Crippen LogP contribution in [0.4, 0.5) is 0 Å². The van der Waals surface area contributed by atoms with Gasteiger partial charge in [-0.25, -0.2) is 0 Å². The van der Waals surface area contributed by atoms with Crippen LogP contribution in [0.2, 0.25) is 0 Å². The van der Waals surface area contributed by atoms with Gasteiger partial charge in [0.25, 0.3) is 0 Å². The number of benzene rings is 2. The van der Waals surface area contributed by atoms with Crippen LogP contribution in [-0.2, 0) is 6.42 Å². The third-order valence-electron chi connectivity index (χ3n) is 4.51. The van der Waals surface area contributed by atoms with Crippen molar-refractivity contribution in [2.24, 2.45) is 5.92 Å². The van der Waals surface area contributed by atoms with Gasteiger partial charge in [0, 0.05) is 0 Å². The van der Waals surface area contributed by atoms with E-state index in [0.717, 1.165) is 6.42 Å². The summed E-state index contributed by atoms with van der Waals surface area (Å²) in [5, 5.41) is 0. The second-order valence-corrected chi connectivity index (χ2v) is 6.81. The third kappa shape index (κ3) is 3.97. The van der Waals surface area contributed by atoms with E-state index >= 15 is 0 Å². The normalized spacial score (nSPS) is 12.9. The molecule has 0 bridgehead atoms. The van der Waals surface area contributed by atoms with Crippen molar-refractivity contribution < 1.29 is 0 Å². The maximum Gasteiger partial charge on any atom is -0.00257 e. The van der Waals surface area contributed by atoms with E-state index in [2.05, 4.69) is 83.1 Å². The zero-order valence-electron chi connectivity index (χ0n) is 14.1. The van der Waals surface area contributed by atoms with Gasteiger partial charge in [-0.05, 0) is 46.4 Å². The van der Waals surface area contributed by atoms with Crippen molar-refractivity contribution in [1.82, 2.24) is 0 Å². The molecule has 0 amide bonds. The zero-order chi connectivity index (χ0) is 15.4. The summed E-state index contributed by atoms with van der Waals surface area (Å²) in [5.41, 5.74) is 5.85. The van der Waals surface area contributed by atoms with Crippen LogP contribution in [0, 0.1) is 5.92 Å². The number of hydrogen-bond donors (Lipinski definition) is 0. The molecule has 2 aromatic rings. The Kier molecular flexibility index (Phi) is 5.22. The molecule has 0 spiro atoms. The van der Waals surface area contributed by atoms with Gasteiger partial charge in [0.05, 0.1) is 0 Å². The van der Waals surface area contributed by atoms with Crippen molar-refractivity contribution in [3.05, 3.63) is 70.8 Å². The molecule has 2 aromatic carbocycles. The molecule has 0 aromatic heterocycles. The molecule has 2 rings (SSSR count). The van der Waals surface area contributed by atoms with E-state index in [1.807, 2.05) is 0 Å². The standard InChI is InChI=1S/C21H28/c1-15(2)17(5)21-14-19(11-12-20(21)16(3)4)13-18-9-7-6-8-10-18/h6-12,14-17H,13H2,1-5H3. The van der Waals surface area contributed by atoms with Crippen LogP contribution in [0.1, 0.15) is 68.7 Å². The molecule has 0 heteroatoms. The van der Waals surface area contributed by atoms with Gasteiger partial charge in [-0.2, -0.15) is 0 Å². The van der Waals surface area contributed by atoms with Crippen molar-refractivity contribution in [3.8, 4) is 0 Å². The molecule has 0 saturated heterocycles. The molecule has 1 unspecified atom stereocenters. The molecule has 0 nitrogen and oxygen atoms in total. The summed E-state index contributed by atoms with van der Waals surface area (Å²) in [6.07, 6.45) is 1.02. The van der Waals surface area contributed by atoms with Crippen LogP contribution < -0.4 is 0 Å². The summed E-state index contributed by atoms with van der Waals surface area (Å²) in [7, 11) is 0. The fraction of sp³-hybridized carbons (Fsp3) is 0.429. The van der Waals surface area contributed by atoms with Gasteiger partial charge in [0.2, 0.25) is 0 Å². The van der Waals surface area contributed by atoms with Crippen LogP contribution in [-0.4, -0.2) is 0 Å².